The second kappa shape index (κ2) is 7.14. The van der Waals surface area contributed by atoms with E-state index in [9.17, 15) is 9.59 Å². The number of carbonyl (C=O) groups is 2. The van der Waals surface area contributed by atoms with Crippen LogP contribution in [0.5, 0.6) is 0 Å². The van der Waals surface area contributed by atoms with Crippen LogP contribution in [0.3, 0.4) is 0 Å². The largest absolute Gasteiger partial charge is 0.459 e. The van der Waals surface area contributed by atoms with Crippen LogP contribution >= 0.6 is 11.6 Å². The molecule has 0 unspecified atom stereocenters. The zero-order chi connectivity index (χ0) is 14.4. The van der Waals surface area contributed by atoms with Gasteiger partial charge in [-0.25, -0.2) is 9.59 Å². The Balaban J connectivity index is 1.89. The molecule has 1 atom stereocenters. The monoisotopic (exact) mass is 297 g/mol. The minimum Gasteiger partial charge on any atom is -0.459 e. The van der Waals surface area contributed by atoms with Crippen molar-refractivity contribution in [1.82, 2.24) is 4.90 Å². The lowest BCUT2D eigenvalue weighted by Crippen LogP contribution is -2.41. The first-order valence-corrected chi connectivity index (χ1v) is 6.95. The van der Waals surface area contributed by atoms with Gasteiger partial charge in [0, 0.05) is 6.54 Å². The molecule has 0 N–H and O–H groups in total. The Hall–Kier alpha value is -1.75. The predicted octanol–water partition coefficient (Wildman–Crippen LogP) is 2.53. The molecule has 20 heavy (non-hydrogen) atoms. The lowest BCUT2D eigenvalue weighted by atomic mass is 10.2. The van der Waals surface area contributed by atoms with Crippen molar-refractivity contribution in [2.45, 2.75) is 25.5 Å². The number of benzene rings is 1. The highest BCUT2D eigenvalue weighted by Crippen LogP contribution is 2.20. The molecule has 0 radical (unpaired) electrons. The van der Waals surface area contributed by atoms with Gasteiger partial charge in [-0.15, -0.1) is 0 Å². The van der Waals surface area contributed by atoms with Gasteiger partial charge in [0.15, 0.2) is 6.07 Å². The molecule has 6 heteroatoms. The zero-order valence-corrected chi connectivity index (χ0v) is 11.7. The third kappa shape index (κ3) is 3.63. The van der Waals surface area contributed by atoms with Crippen LogP contribution in [0.15, 0.2) is 30.3 Å². The maximum Gasteiger partial charge on any atom is 0.411 e. The lowest BCUT2D eigenvalue weighted by Gasteiger charge is -2.22. The number of carbonyl (C=O) groups excluding carboxylic acids is 2. The van der Waals surface area contributed by atoms with Crippen LogP contribution in [-0.2, 0) is 20.9 Å². The summed E-state index contributed by atoms with van der Waals surface area (Å²) in [6.45, 7) is 0.690. The second-order valence-corrected chi connectivity index (χ2v) is 4.68. The second-order valence-electron chi connectivity index (χ2n) is 4.46. The number of amides is 1. The summed E-state index contributed by atoms with van der Waals surface area (Å²) in [5.41, 5.74) is 0.911. The Bertz CT molecular complexity index is 466. The average molecular weight is 298 g/mol. The number of rotatable bonds is 4. The maximum absolute atomic E-state index is 12.0. The third-order valence-electron chi connectivity index (χ3n) is 3.16. The predicted molar refractivity (Wildman–Crippen MR) is 73.2 cm³/mol. The van der Waals surface area contributed by atoms with Crippen molar-refractivity contribution in [2.75, 3.05) is 12.6 Å². The molecule has 1 aliphatic heterocycles. The van der Waals surface area contributed by atoms with E-state index in [1.807, 2.05) is 30.3 Å². The van der Waals surface area contributed by atoms with Crippen molar-refractivity contribution in [3.8, 4) is 0 Å². The highest BCUT2D eigenvalue weighted by molar-refractivity contribution is 6.17. The van der Waals surface area contributed by atoms with Crippen molar-refractivity contribution in [3.63, 3.8) is 0 Å². The van der Waals surface area contributed by atoms with Crippen LogP contribution in [0, 0.1) is 0 Å². The molecule has 1 heterocycles. The molecular weight excluding hydrogens is 282 g/mol. The van der Waals surface area contributed by atoms with Gasteiger partial charge >= 0.3 is 12.1 Å². The lowest BCUT2D eigenvalue weighted by molar-refractivity contribution is -0.149. The summed E-state index contributed by atoms with van der Waals surface area (Å²) in [5, 5.41) is 0. The van der Waals surface area contributed by atoms with Crippen molar-refractivity contribution < 1.29 is 19.1 Å². The molecule has 1 aromatic rings. The standard InChI is InChI=1S/C14H16ClNO4/c15-10-20-14(18)16-8-4-7-12(16)13(17)19-9-11-5-2-1-3-6-11/h1-3,5-6,12H,4,7-10H2/t12-/m0/s1. The van der Waals surface area contributed by atoms with Crippen LogP contribution in [0.1, 0.15) is 18.4 Å². The Morgan fingerprint density at radius 1 is 1.25 bits per heavy atom. The molecule has 0 bridgehead atoms. The SMILES string of the molecule is O=C(OCc1ccccc1)[C@@H]1CCCN1C(=O)OCCl. The van der Waals surface area contributed by atoms with E-state index in [2.05, 4.69) is 0 Å². The number of esters is 1. The zero-order valence-electron chi connectivity index (χ0n) is 11.0. The number of halogens is 1. The first-order valence-electron chi connectivity index (χ1n) is 6.42. The molecule has 1 aromatic carbocycles. The molecule has 2 rings (SSSR count). The van der Waals surface area contributed by atoms with Gasteiger partial charge in [0.1, 0.15) is 12.6 Å². The Labute approximate surface area is 122 Å². The van der Waals surface area contributed by atoms with Gasteiger partial charge in [-0.1, -0.05) is 41.9 Å². The Kier molecular flexibility index (Phi) is 5.24. The molecular formula is C14H16ClNO4. The Morgan fingerprint density at radius 2 is 2.00 bits per heavy atom. The molecule has 108 valence electrons. The summed E-state index contributed by atoms with van der Waals surface area (Å²) >= 11 is 5.36. The van der Waals surface area contributed by atoms with E-state index in [1.54, 1.807) is 0 Å². The minimum absolute atomic E-state index is 0.203. The van der Waals surface area contributed by atoms with Gasteiger partial charge in [-0.3, -0.25) is 4.90 Å². The van der Waals surface area contributed by atoms with Gasteiger partial charge in [0.25, 0.3) is 0 Å². The number of alkyl halides is 1. The summed E-state index contributed by atoms with van der Waals surface area (Å²) in [4.78, 5) is 25.0. The van der Waals surface area contributed by atoms with Gasteiger partial charge in [-0.05, 0) is 18.4 Å². The minimum atomic E-state index is -0.575. The van der Waals surface area contributed by atoms with E-state index in [4.69, 9.17) is 21.1 Å². The normalized spacial score (nSPS) is 17.9. The molecule has 1 saturated heterocycles. The first-order chi connectivity index (χ1) is 9.72. The molecule has 0 saturated carbocycles. The fraction of sp³-hybridized carbons (Fsp3) is 0.429. The van der Waals surface area contributed by atoms with Crippen molar-refractivity contribution in [3.05, 3.63) is 35.9 Å². The van der Waals surface area contributed by atoms with Crippen molar-refractivity contribution >= 4 is 23.7 Å². The van der Waals surface area contributed by atoms with Crippen LogP contribution < -0.4 is 0 Å². The van der Waals surface area contributed by atoms with Gasteiger partial charge in [0.05, 0.1) is 0 Å². The summed E-state index contributed by atoms with van der Waals surface area (Å²) < 4.78 is 9.96. The molecule has 1 fully saturated rings. The molecule has 5 nitrogen and oxygen atoms in total. The molecule has 0 aromatic heterocycles. The quantitative estimate of drug-likeness (QED) is 0.633. The van der Waals surface area contributed by atoms with Crippen molar-refractivity contribution in [2.24, 2.45) is 0 Å². The fourth-order valence-corrected chi connectivity index (χ4v) is 2.28. The number of nitrogens with zero attached hydrogens (tertiary/aromatic N) is 1. The van der Waals surface area contributed by atoms with E-state index in [0.29, 0.717) is 13.0 Å². The third-order valence-corrected chi connectivity index (χ3v) is 3.27. The maximum atomic E-state index is 12.0. The number of likely N-dealkylation sites (tertiary alicyclic amines) is 1. The smallest absolute Gasteiger partial charge is 0.411 e. The Morgan fingerprint density at radius 3 is 2.70 bits per heavy atom. The molecule has 0 aliphatic carbocycles. The van der Waals surface area contributed by atoms with Crippen LogP contribution in [-0.4, -0.2) is 35.6 Å². The molecule has 1 amide bonds. The van der Waals surface area contributed by atoms with E-state index in [1.165, 1.54) is 4.90 Å². The summed E-state index contributed by atoms with van der Waals surface area (Å²) in [6, 6.07) is 8.61. The van der Waals surface area contributed by atoms with E-state index < -0.39 is 18.1 Å². The van der Waals surface area contributed by atoms with E-state index in [-0.39, 0.29) is 12.7 Å². The fourth-order valence-electron chi connectivity index (χ4n) is 2.18. The van der Waals surface area contributed by atoms with Gasteiger partial charge < -0.3 is 9.47 Å². The first kappa shape index (κ1) is 14.7. The van der Waals surface area contributed by atoms with Crippen LogP contribution in [0.4, 0.5) is 4.79 Å². The average Bonchev–Trinajstić information content (AvgIpc) is 2.96. The number of hydrogen-bond donors (Lipinski definition) is 0. The highest BCUT2D eigenvalue weighted by Gasteiger charge is 2.36. The van der Waals surface area contributed by atoms with Crippen molar-refractivity contribution in [1.29, 1.82) is 0 Å². The summed E-state index contributed by atoms with van der Waals surface area (Å²) in [5.74, 6) is -0.405. The topological polar surface area (TPSA) is 55.8 Å². The number of hydrogen-bond acceptors (Lipinski definition) is 4. The van der Waals surface area contributed by atoms with E-state index >= 15 is 0 Å². The summed E-state index contributed by atoms with van der Waals surface area (Å²) in [6.07, 6.45) is 0.771. The highest BCUT2D eigenvalue weighted by atomic mass is 35.5. The van der Waals surface area contributed by atoms with E-state index in [0.717, 1.165) is 12.0 Å². The molecule has 1 aliphatic rings. The summed E-state index contributed by atoms with van der Waals surface area (Å²) in [7, 11) is 0. The van der Waals surface area contributed by atoms with Gasteiger partial charge in [0.2, 0.25) is 0 Å². The number of ether oxygens (including phenoxy) is 2. The van der Waals surface area contributed by atoms with Gasteiger partial charge in [-0.2, -0.15) is 0 Å². The van der Waals surface area contributed by atoms with Crippen LogP contribution in [0.2, 0.25) is 0 Å². The van der Waals surface area contributed by atoms with Crippen LogP contribution in [0.25, 0.3) is 0 Å². The molecule has 0 spiro atoms.